The van der Waals surface area contributed by atoms with E-state index in [0.717, 1.165) is 6.42 Å². The number of methoxy groups -OCH3 is 1. The predicted molar refractivity (Wildman–Crippen MR) is 95.2 cm³/mol. The van der Waals surface area contributed by atoms with Gasteiger partial charge in [-0.2, -0.15) is 0 Å². The highest BCUT2D eigenvalue weighted by atomic mass is 32.2. The van der Waals surface area contributed by atoms with Crippen molar-refractivity contribution in [1.82, 2.24) is 0 Å². The summed E-state index contributed by atoms with van der Waals surface area (Å²) in [7, 11) is 0.0978. The number of ether oxygens (including phenoxy) is 1. The highest BCUT2D eigenvalue weighted by molar-refractivity contribution is 8.00. The van der Waals surface area contributed by atoms with Gasteiger partial charge in [-0.25, -0.2) is 0 Å². The molecule has 0 heterocycles. The molecule has 1 aromatic carbocycles. The monoisotopic (exact) mass is 324 g/mol. The Morgan fingerprint density at radius 3 is 2.38 bits per heavy atom. The summed E-state index contributed by atoms with van der Waals surface area (Å²) in [5.74, 6) is 0.463. The maximum atomic E-state index is 11.6. The van der Waals surface area contributed by atoms with Crippen molar-refractivity contribution in [2.75, 3.05) is 7.11 Å². The van der Waals surface area contributed by atoms with Gasteiger partial charge in [-0.1, -0.05) is 51.7 Å². The number of esters is 1. The van der Waals surface area contributed by atoms with E-state index in [0.29, 0.717) is 12.3 Å². The zero-order chi connectivity index (χ0) is 16.0. The third-order valence-electron chi connectivity index (χ3n) is 3.35. The summed E-state index contributed by atoms with van der Waals surface area (Å²) < 4.78 is 4.85. The van der Waals surface area contributed by atoms with Gasteiger partial charge in [0.05, 0.1) is 21.6 Å². The van der Waals surface area contributed by atoms with Gasteiger partial charge in [0, 0.05) is 10.1 Å². The Morgan fingerprint density at radius 1 is 1.24 bits per heavy atom. The van der Waals surface area contributed by atoms with Crippen LogP contribution in [0.15, 0.2) is 29.2 Å². The van der Waals surface area contributed by atoms with Gasteiger partial charge in [-0.05, 0) is 23.6 Å². The maximum Gasteiger partial charge on any atom is 0.306 e. The SMILES string of the molecule is COC(=O)C[C@H](CC(C)C)Sc1ccccc1[Si](C)(C)C. The second-order valence-corrected chi connectivity index (χ2v) is 13.3. The fourth-order valence-electron chi connectivity index (χ4n) is 2.34. The van der Waals surface area contributed by atoms with Crippen LogP contribution in [0.5, 0.6) is 0 Å². The smallest absolute Gasteiger partial charge is 0.306 e. The molecule has 0 saturated carbocycles. The Labute approximate surface area is 134 Å². The topological polar surface area (TPSA) is 26.3 Å². The van der Waals surface area contributed by atoms with Crippen molar-refractivity contribution >= 4 is 31.0 Å². The van der Waals surface area contributed by atoms with Gasteiger partial charge in [0.15, 0.2) is 0 Å². The molecule has 0 fully saturated rings. The molecular formula is C17H28O2SSi. The van der Waals surface area contributed by atoms with Gasteiger partial charge in [-0.15, -0.1) is 11.8 Å². The molecule has 0 aliphatic rings. The van der Waals surface area contributed by atoms with Crippen LogP contribution >= 0.6 is 11.8 Å². The largest absolute Gasteiger partial charge is 0.469 e. The molecule has 1 aromatic rings. The lowest BCUT2D eigenvalue weighted by atomic mass is 10.1. The molecule has 0 N–H and O–H groups in total. The van der Waals surface area contributed by atoms with Crippen LogP contribution in [-0.4, -0.2) is 26.4 Å². The molecule has 21 heavy (non-hydrogen) atoms. The molecule has 0 unspecified atom stereocenters. The lowest BCUT2D eigenvalue weighted by Crippen LogP contribution is -2.39. The van der Waals surface area contributed by atoms with E-state index in [9.17, 15) is 4.79 Å². The Bertz CT molecular complexity index is 466. The molecule has 0 radical (unpaired) electrons. The molecule has 118 valence electrons. The number of hydrogen-bond acceptors (Lipinski definition) is 3. The van der Waals surface area contributed by atoms with E-state index < -0.39 is 8.07 Å². The predicted octanol–water partition coefficient (Wildman–Crippen LogP) is 4.30. The minimum Gasteiger partial charge on any atom is -0.469 e. The fourth-order valence-corrected chi connectivity index (χ4v) is 6.26. The highest BCUT2D eigenvalue weighted by Crippen LogP contribution is 2.30. The van der Waals surface area contributed by atoms with E-state index in [1.54, 1.807) is 0 Å². The zero-order valence-electron chi connectivity index (χ0n) is 14.1. The molecule has 0 bridgehead atoms. The third kappa shape index (κ3) is 6.26. The summed E-state index contributed by atoms with van der Waals surface area (Å²) in [4.78, 5) is 13.0. The summed E-state index contributed by atoms with van der Waals surface area (Å²) in [5.41, 5.74) is 0. The van der Waals surface area contributed by atoms with Crippen molar-refractivity contribution in [3.8, 4) is 0 Å². The molecule has 4 heteroatoms. The average Bonchev–Trinajstić information content (AvgIpc) is 2.37. The van der Waals surface area contributed by atoms with E-state index >= 15 is 0 Å². The van der Waals surface area contributed by atoms with Crippen LogP contribution < -0.4 is 5.19 Å². The van der Waals surface area contributed by atoms with Gasteiger partial charge in [0.2, 0.25) is 0 Å². The number of carbonyl (C=O) groups excluding carboxylic acids is 1. The minimum absolute atomic E-state index is 0.112. The minimum atomic E-state index is -1.37. The first-order valence-corrected chi connectivity index (χ1v) is 11.9. The molecular weight excluding hydrogens is 296 g/mol. The average molecular weight is 325 g/mol. The molecule has 0 aromatic heterocycles. The van der Waals surface area contributed by atoms with Crippen LogP contribution in [0.4, 0.5) is 0 Å². The summed E-state index contributed by atoms with van der Waals surface area (Å²) >= 11 is 1.85. The lowest BCUT2D eigenvalue weighted by molar-refractivity contribution is -0.140. The van der Waals surface area contributed by atoms with Crippen molar-refractivity contribution in [2.45, 2.75) is 56.5 Å². The number of benzene rings is 1. The molecule has 0 spiro atoms. The molecule has 0 amide bonds. The molecule has 0 saturated heterocycles. The summed E-state index contributed by atoms with van der Waals surface area (Å²) in [6, 6.07) is 8.66. The zero-order valence-corrected chi connectivity index (χ0v) is 15.9. The van der Waals surface area contributed by atoms with Gasteiger partial charge in [0.25, 0.3) is 0 Å². The summed E-state index contributed by atoms with van der Waals surface area (Å²) in [5, 5.41) is 1.77. The van der Waals surface area contributed by atoms with Crippen molar-refractivity contribution in [2.24, 2.45) is 5.92 Å². The number of hydrogen-bond donors (Lipinski definition) is 0. The van der Waals surface area contributed by atoms with Crippen molar-refractivity contribution < 1.29 is 9.53 Å². The van der Waals surface area contributed by atoms with Crippen LogP contribution in [0.3, 0.4) is 0 Å². The highest BCUT2D eigenvalue weighted by Gasteiger charge is 2.23. The number of rotatable bonds is 7. The maximum absolute atomic E-state index is 11.6. The molecule has 2 nitrogen and oxygen atoms in total. The molecule has 0 aliphatic carbocycles. The van der Waals surface area contributed by atoms with Crippen LogP contribution in [0.2, 0.25) is 19.6 Å². The molecule has 0 aliphatic heterocycles. The molecule has 1 rings (SSSR count). The first kappa shape index (κ1) is 18.3. The summed E-state index contributed by atoms with van der Waals surface area (Å²) in [6.07, 6.45) is 1.51. The second-order valence-electron chi connectivity index (χ2n) is 6.90. The first-order chi connectivity index (χ1) is 9.74. The van der Waals surface area contributed by atoms with Gasteiger partial charge in [-0.3, -0.25) is 4.79 Å². The standard InChI is InChI=1S/C17H28O2SSi/c1-13(2)11-14(12-17(18)19-3)20-15-9-7-8-10-16(15)21(4,5)6/h7-10,13-14H,11-12H2,1-6H3/t14-/m0/s1. The van der Waals surface area contributed by atoms with Gasteiger partial charge >= 0.3 is 5.97 Å². The Hall–Kier alpha value is -0.743. The van der Waals surface area contributed by atoms with Crippen molar-refractivity contribution in [1.29, 1.82) is 0 Å². The third-order valence-corrected chi connectivity index (χ3v) is 6.88. The Morgan fingerprint density at radius 2 is 1.86 bits per heavy atom. The van der Waals surface area contributed by atoms with Crippen molar-refractivity contribution in [3.63, 3.8) is 0 Å². The van der Waals surface area contributed by atoms with Crippen molar-refractivity contribution in [3.05, 3.63) is 24.3 Å². The van der Waals surface area contributed by atoms with Gasteiger partial charge < -0.3 is 4.74 Å². The lowest BCUT2D eigenvalue weighted by Gasteiger charge is -2.24. The number of carbonyl (C=O) groups is 1. The van der Waals surface area contributed by atoms with Crippen LogP contribution in [-0.2, 0) is 9.53 Å². The first-order valence-electron chi connectivity index (χ1n) is 7.57. The van der Waals surface area contributed by atoms with Gasteiger partial charge in [0.1, 0.15) is 0 Å². The summed E-state index contributed by atoms with van der Waals surface area (Å²) in [6.45, 7) is 11.5. The quantitative estimate of drug-likeness (QED) is 0.425. The van der Waals surface area contributed by atoms with Crippen LogP contribution in [0.1, 0.15) is 26.7 Å². The van der Waals surface area contributed by atoms with Crippen LogP contribution in [0.25, 0.3) is 0 Å². The van der Waals surface area contributed by atoms with E-state index in [4.69, 9.17) is 4.74 Å². The fraction of sp³-hybridized carbons (Fsp3) is 0.588. The Kier molecular flexibility index (Phi) is 7.01. The molecule has 1 atom stereocenters. The van der Waals surface area contributed by atoms with E-state index in [-0.39, 0.29) is 11.2 Å². The Balaban J connectivity index is 2.95. The van der Waals surface area contributed by atoms with E-state index in [1.165, 1.54) is 17.2 Å². The number of thioether (sulfide) groups is 1. The van der Waals surface area contributed by atoms with E-state index in [2.05, 4.69) is 57.8 Å². The van der Waals surface area contributed by atoms with E-state index in [1.807, 2.05) is 11.8 Å². The normalized spacial score (nSPS) is 13.3. The van der Waals surface area contributed by atoms with Crippen LogP contribution in [0, 0.1) is 5.92 Å². The second kappa shape index (κ2) is 8.04.